The van der Waals surface area contributed by atoms with Crippen molar-refractivity contribution in [1.82, 2.24) is 9.97 Å². The van der Waals surface area contributed by atoms with Gasteiger partial charge in [0, 0.05) is 16.5 Å². The Bertz CT molecular complexity index is 1040. The maximum atomic E-state index is 13.2. The number of halogens is 1. The SMILES string of the molecule is O=Cc1ccc(Oc2ncnc3scc(-c4ccc(F)cc4)c23)cc1. The zero-order chi connectivity index (χ0) is 17.2. The Balaban J connectivity index is 1.79. The lowest BCUT2D eigenvalue weighted by Crippen LogP contribution is -1.91. The van der Waals surface area contributed by atoms with Gasteiger partial charge in [-0.3, -0.25) is 4.79 Å². The Hall–Kier alpha value is -3.12. The summed E-state index contributed by atoms with van der Waals surface area (Å²) >= 11 is 1.47. The molecular weight excluding hydrogens is 339 g/mol. The molecule has 4 rings (SSSR count). The first-order valence-corrected chi connectivity index (χ1v) is 8.34. The van der Waals surface area contributed by atoms with Gasteiger partial charge in [-0.15, -0.1) is 11.3 Å². The average Bonchev–Trinajstić information content (AvgIpc) is 3.08. The summed E-state index contributed by atoms with van der Waals surface area (Å²) in [6.07, 6.45) is 2.22. The van der Waals surface area contributed by atoms with E-state index >= 15 is 0 Å². The fourth-order valence-corrected chi connectivity index (χ4v) is 3.40. The van der Waals surface area contributed by atoms with Crippen LogP contribution in [0.4, 0.5) is 4.39 Å². The first-order chi connectivity index (χ1) is 12.2. The van der Waals surface area contributed by atoms with Crippen LogP contribution in [-0.2, 0) is 0 Å². The largest absolute Gasteiger partial charge is 0.438 e. The first-order valence-electron chi connectivity index (χ1n) is 7.46. The van der Waals surface area contributed by atoms with E-state index in [-0.39, 0.29) is 5.82 Å². The summed E-state index contributed by atoms with van der Waals surface area (Å²) < 4.78 is 19.1. The Morgan fingerprint density at radius 3 is 2.48 bits per heavy atom. The van der Waals surface area contributed by atoms with Crippen LogP contribution in [0.1, 0.15) is 10.4 Å². The third-order valence-electron chi connectivity index (χ3n) is 3.72. The van der Waals surface area contributed by atoms with Crippen LogP contribution in [0, 0.1) is 5.82 Å². The van der Waals surface area contributed by atoms with Gasteiger partial charge in [-0.2, -0.15) is 0 Å². The zero-order valence-corrected chi connectivity index (χ0v) is 13.7. The van der Waals surface area contributed by atoms with Crippen molar-refractivity contribution in [3.8, 4) is 22.8 Å². The summed E-state index contributed by atoms with van der Waals surface area (Å²) in [5.41, 5.74) is 2.33. The molecule has 0 aliphatic heterocycles. The van der Waals surface area contributed by atoms with Crippen LogP contribution in [0.5, 0.6) is 11.6 Å². The molecule has 25 heavy (non-hydrogen) atoms. The van der Waals surface area contributed by atoms with Gasteiger partial charge in [-0.25, -0.2) is 14.4 Å². The molecule has 0 bridgehead atoms. The van der Waals surface area contributed by atoms with Crippen LogP contribution < -0.4 is 4.74 Å². The minimum absolute atomic E-state index is 0.286. The molecule has 6 heteroatoms. The summed E-state index contributed by atoms with van der Waals surface area (Å²) in [7, 11) is 0. The molecule has 0 saturated heterocycles. The molecule has 0 unspecified atom stereocenters. The lowest BCUT2D eigenvalue weighted by atomic mass is 10.1. The minimum atomic E-state index is -0.286. The Labute approximate surface area is 146 Å². The molecule has 2 heterocycles. The summed E-state index contributed by atoms with van der Waals surface area (Å²) in [6, 6.07) is 13.0. The number of hydrogen-bond donors (Lipinski definition) is 0. The number of fused-ring (bicyclic) bond motifs is 1. The highest BCUT2D eigenvalue weighted by atomic mass is 32.1. The van der Waals surface area contributed by atoms with Crippen molar-refractivity contribution in [2.75, 3.05) is 0 Å². The van der Waals surface area contributed by atoms with Gasteiger partial charge in [0.15, 0.2) is 0 Å². The average molecular weight is 350 g/mol. The highest BCUT2D eigenvalue weighted by Gasteiger charge is 2.15. The molecule has 2 aromatic carbocycles. The zero-order valence-electron chi connectivity index (χ0n) is 12.8. The van der Waals surface area contributed by atoms with E-state index in [1.54, 1.807) is 36.4 Å². The molecule has 0 spiro atoms. The van der Waals surface area contributed by atoms with Crippen molar-refractivity contribution >= 4 is 27.8 Å². The molecule has 4 aromatic rings. The second kappa shape index (κ2) is 6.41. The van der Waals surface area contributed by atoms with Gasteiger partial charge in [0.1, 0.15) is 29.0 Å². The van der Waals surface area contributed by atoms with Crippen LogP contribution in [0.3, 0.4) is 0 Å². The van der Waals surface area contributed by atoms with Crippen molar-refractivity contribution in [3.05, 3.63) is 71.6 Å². The van der Waals surface area contributed by atoms with E-state index in [9.17, 15) is 9.18 Å². The molecule has 2 aromatic heterocycles. The predicted molar refractivity (Wildman–Crippen MR) is 94.7 cm³/mol. The van der Waals surface area contributed by atoms with Gasteiger partial charge in [0.05, 0.1) is 5.39 Å². The van der Waals surface area contributed by atoms with E-state index < -0.39 is 0 Å². The topological polar surface area (TPSA) is 52.1 Å². The lowest BCUT2D eigenvalue weighted by Gasteiger charge is -2.07. The van der Waals surface area contributed by atoms with Crippen molar-refractivity contribution in [1.29, 1.82) is 0 Å². The summed E-state index contributed by atoms with van der Waals surface area (Å²) in [6.45, 7) is 0. The van der Waals surface area contributed by atoms with E-state index in [1.807, 2.05) is 5.38 Å². The molecular formula is C19H11FN2O2S. The molecule has 0 saturated carbocycles. The van der Waals surface area contributed by atoms with Crippen molar-refractivity contribution < 1.29 is 13.9 Å². The molecule has 4 nitrogen and oxygen atoms in total. The third kappa shape index (κ3) is 2.99. The standard InChI is InChI=1S/C19H11FN2O2S/c20-14-5-3-13(4-6-14)16-10-25-19-17(16)18(21-11-22-19)24-15-7-1-12(9-23)2-8-15/h1-11H. The maximum Gasteiger partial charge on any atom is 0.231 e. The van der Waals surface area contributed by atoms with Crippen molar-refractivity contribution in [3.63, 3.8) is 0 Å². The van der Waals surface area contributed by atoms with Gasteiger partial charge in [-0.1, -0.05) is 12.1 Å². The molecule has 0 aliphatic carbocycles. The first kappa shape index (κ1) is 15.4. The number of carbonyl (C=O) groups excluding carboxylic acids is 1. The highest BCUT2D eigenvalue weighted by Crippen LogP contribution is 2.38. The maximum absolute atomic E-state index is 13.2. The van der Waals surface area contributed by atoms with Crippen LogP contribution in [0.15, 0.2) is 60.2 Å². The highest BCUT2D eigenvalue weighted by molar-refractivity contribution is 7.17. The summed E-state index contributed by atoms with van der Waals surface area (Å²) in [5, 5.41) is 2.73. The molecule has 0 aliphatic rings. The quantitative estimate of drug-likeness (QED) is 0.480. The van der Waals surface area contributed by atoms with Crippen LogP contribution >= 0.6 is 11.3 Å². The molecule has 0 amide bonds. The third-order valence-corrected chi connectivity index (χ3v) is 4.61. The molecule has 122 valence electrons. The number of hydrogen-bond acceptors (Lipinski definition) is 5. The second-order valence-corrected chi connectivity index (χ2v) is 6.16. The number of rotatable bonds is 4. The smallest absolute Gasteiger partial charge is 0.231 e. The van der Waals surface area contributed by atoms with Crippen LogP contribution in [0.2, 0.25) is 0 Å². The Morgan fingerprint density at radius 1 is 1.00 bits per heavy atom. The number of carbonyl (C=O) groups is 1. The fourth-order valence-electron chi connectivity index (χ4n) is 2.49. The second-order valence-electron chi connectivity index (χ2n) is 5.30. The number of thiophene rings is 1. The van der Waals surface area contributed by atoms with Crippen molar-refractivity contribution in [2.45, 2.75) is 0 Å². The van der Waals surface area contributed by atoms with E-state index in [0.717, 1.165) is 27.6 Å². The minimum Gasteiger partial charge on any atom is -0.438 e. The normalized spacial score (nSPS) is 10.8. The monoisotopic (exact) mass is 350 g/mol. The van der Waals surface area contributed by atoms with Gasteiger partial charge >= 0.3 is 0 Å². The van der Waals surface area contributed by atoms with Crippen molar-refractivity contribution in [2.24, 2.45) is 0 Å². The Morgan fingerprint density at radius 2 is 1.76 bits per heavy atom. The van der Waals surface area contributed by atoms with Gasteiger partial charge < -0.3 is 4.74 Å². The van der Waals surface area contributed by atoms with Gasteiger partial charge in [0.2, 0.25) is 5.88 Å². The molecule has 0 N–H and O–H groups in total. The van der Waals surface area contributed by atoms with Gasteiger partial charge in [0.25, 0.3) is 0 Å². The lowest BCUT2D eigenvalue weighted by molar-refractivity contribution is 0.112. The number of aromatic nitrogens is 2. The number of nitrogens with zero attached hydrogens (tertiary/aromatic N) is 2. The number of benzene rings is 2. The fraction of sp³-hybridized carbons (Fsp3) is 0. The molecule has 0 fully saturated rings. The van der Waals surface area contributed by atoms with E-state index in [4.69, 9.17) is 4.74 Å². The summed E-state index contributed by atoms with van der Waals surface area (Å²) in [5.74, 6) is 0.706. The van der Waals surface area contributed by atoms with E-state index in [2.05, 4.69) is 9.97 Å². The number of aldehydes is 1. The van der Waals surface area contributed by atoms with Crippen LogP contribution in [-0.4, -0.2) is 16.3 Å². The molecule has 0 atom stereocenters. The number of ether oxygens (including phenoxy) is 1. The van der Waals surface area contributed by atoms with Gasteiger partial charge in [-0.05, 0) is 42.0 Å². The van der Waals surface area contributed by atoms with E-state index in [0.29, 0.717) is 17.2 Å². The summed E-state index contributed by atoms with van der Waals surface area (Å²) in [4.78, 5) is 20.1. The van der Waals surface area contributed by atoms with Crippen LogP contribution in [0.25, 0.3) is 21.3 Å². The van der Waals surface area contributed by atoms with E-state index in [1.165, 1.54) is 29.8 Å². The molecule has 0 radical (unpaired) electrons. The Kier molecular flexibility index (Phi) is 3.95. The predicted octanol–water partition coefficient (Wildman–Crippen LogP) is 5.10.